The lowest BCUT2D eigenvalue weighted by molar-refractivity contribution is 0.0988. The van der Waals surface area contributed by atoms with Crippen LogP contribution >= 0.6 is 11.6 Å². The van der Waals surface area contributed by atoms with Crippen LogP contribution in [0.5, 0.6) is 0 Å². The minimum absolute atomic E-state index is 0.0235. The summed E-state index contributed by atoms with van der Waals surface area (Å²) in [6, 6.07) is 4.68. The van der Waals surface area contributed by atoms with Crippen LogP contribution in [-0.4, -0.2) is 14.5 Å². The van der Waals surface area contributed by atoms with Crippen LogP contribution in [0, 0.1) is 0 Å². The Labute approximate surface area is 95.7 Å². The van der Waals surface area contributed by atoms with Gasteiger partial charge >= 0.3 is 0 Å². The minimum atomic E-state index is -2.20. The maximum atomic E-state index is 11.4. The molecule has 0 aliphatic heterocycles. The predicted octanol–water partition coefficient (Wildman–Crippen LogP) is 2.31. The average molecular weight is 246 g/mol. The van der Waals surface area contributed by atoms with Gasteiger partial charge in [0.1, 0.15) is 0 Å². The van der Waals surface area contributed by atoms with Crippen molar-refractivity contribution < 1.29 is 13.6 Å². The van der Waals surface area contributed by atoms with Crippen LogP contribution in [0.4, 0.5) is 0 Å². The highest BCUT2D eigenvalue weighted by atomic mass is 35.5. The van der Waals surface area contributed by atoms with Gasteiger partial charge in [0.2, 0.25) is 0 Å². The number of ketones is 1. The van der Waals surface area contributed by atoms with Gasteiger partial charge in [-0.15, -0.1) is 0 Å². The number of Topliss-reactive ketones (excluding diaryl/α,β-unsaturated/α-hetero) is 1. The molecule has 1 rings (SSSR count). The van der Waals surface area contributed by atoms with E-state index in [0.29, 0.717) is 22.6 Å². The van der Waals surface area contributed by atoms with Gasteiger partial charge < -0.3 is 4.55 Å². The van der Waals surface area contributed by atoms with Gasteiger partial charge in [0.05, 0.1) is 0 Å². The van der Waals surface area contributed by atoms with E-state index in [-0.39, 0.29) is 11.5 Å². The van der Waals surface area contributed by atoms with Crippen molar-refractivity contribution in [2.45, 2.75) is 19.1 Å². The average Bonchev–Trinajstić information content (AvgIpc) is 2.19. The third-order valence-electron chi connectivity index (χ3n) is 1.96. The Balaban J connectivity index is 3.05. The summed E-state index contributed by atoms with van der Waals surface area (Å²) in [6.45, 7) is 1.75. The number of carbonyl (C=O) groups excluding carboxylic acids is 1. The van der Waals surface area contributed by atoms with Crippen LogP contribution in [0.2, 0.25) is 5.02 Å². The molecule has 0 spiro atoms. The van der Waals surface area contributed by atoms with Crippen LogP contribution in [-0.2, 0) is 16.8 Å². The number of hydrogen-bond donors (Lipinski definition) is 0. The fourth-order valence-electron chi connectivity index (χ4n) is 1.19. The number of hydrogen-bond acceptors (Lipinski definition) is 3. The van der Waals surface area contributed by atoms with Gasteiger partial charge in [-0.3, -0.25) is 9.00 Å². The quantitative estimate of drug-likeness (QED) is 0.604. The first-order valence-electron chi connectivity index (χ1n) is 4.42. The fourth-order valence-corrected chi connectivity index (χ4v) is 1.95. The second-order valence-corrected chi connectivity index (χ2v) is 4.33. The third-order valence-corrected chi connectivity index (χ3v) is 2.88. The van der Waals surface area contributed by atoms with E-state index in [0.717, 1.165) is 0 Å². The molecule has 0 saturated carbocycles. The van der Waals surface area contributed by atoms with Gasteiger partial charge in [0.25, 0.3) is 0 Å². The lowest BCUT2D eigenvalue weighted by Gasteiger charge is -2.08. The highest BCUT2D eigenvalue weighted by molar-refractivity contribution is 7.78. The standard InChI is InChI=1S/C10H11ClO3S/c1-2-10(12)7-3-4-9(11)8(5-7)6-15(13)14/h3-5H,2,6H2,1H3,(H,13,14)/p-1. The van der Waals surface area contributed by atoms with E-state index < -0.39 is 11.1 Å². The summed E-state index contributed by atoms with van der Waals surface area (Å²) >= 11 is 3.61. The summed E-state index contributed by atoms with van der Waals surface area (Å²) in [5.41, 5.74) is 0.964. The second kappa shape index (κ2) is 5.39. The van der Waals surface area contributed by atoms with Crippen LogP contribution in [0.1, 0.15) is 29.3 Å². The van der Waals surface area contributed by atoms with Gasteiger partial charge in [0, 0.05) is 22.8 Å². The van der Waals surface area contributed by atoms with Crippen molar-refractivity contribution in [1.82, 2.24) is 0 Å². The van der Waals surface area contributed by atoms with Gasteiger partial charge in [0.15, 0.2) is 5.78 Å². The minimum Gasteiger partial charge on any atom is -0.772 e. The molecule has 3 nitrogen and oxygen atoms in total. The van der Waals surface area contributed by atoms with Gasteiger partial charge in [-0.2, -0.15) is 0 Å². The maximum Gasteiger partial charge on any atom is 0.162 e. The largest absolute Gasteiger partial charge is 0.772 e. The molecule has 5 heteroatoms. The van der Waals surface area contributed by atoms with Crippen molar-refractivity contribution >= 4 is 28.5 Å². The normalized spacial score (nSPS) is 12.5. The summed E-state index contributed by atoms with van der Waals surface area (Å²) in [4.78, 5) is 11.4. The van der Waals surface area contributed by atoms with E-state index in [2.05, 4.69) is 0 Å². The monoisotopic (exact) mass is 245 g/mol. The molecule has 0 fully saturated rings. The maximum absolute atomic E-state index is 11.4. The van der Waals surface area contributed by atoms with Crippen molar-refractivity contribution in [1.29, 1.82) is 0 Å². The number of rotatable bonds is 4. The zero-order valence-corrected chi connectivity index (χ0v) is 9.73. The molecule has 82 valence electrons. The van der Waals surface area contributed by atoms with Crippen LogP contribution in [0.15, 0.2) is 18.2 Å². The molecule has 0 heterocycles. The van der Waals surface area contributed by atoms with E-state index in [4.69, 9.17) is 11.6 Å². The Kier molecular flexibility index (Phi) is 4.45. The Morgan fingerprint density at radius 1 is 1.53 bits per heavy atom. The molecule has 0 bridgehead atoms. The Morgan fingerprint density at radius 2 is 2.20 bits per heavy atom. The number of benzene rings is 1. The first kappa shape index (κ1) is 12.4. The molecular weight excluding hydrogens is 236 g/mol. The zero-order chi connectivity index (χ0) is 11.4. The lowest BCUT2D eigenvalue weighted by atomic mass is 10.1. The van der Waals surface area contributed by atoms with Crippen LogP contribution in [0.3, 0.4) is 0 Å². The van der Waals surface area contributed by atoms with E-state index >= 15 is 0 Å². The number of carbonyl (C=O) groups is 1. The molecular formula is C10H10ClO3S-. The molecule has 1 aromatic rings. The summed E-state index contributed by atoms with van der Waals surface area (Å²) in [7, 11) is 0. The molecule has 1 atom stereocenters. The fraction of sp³-hybridized carbons (Fsp3) is 0.300. The van der Waals surface area contributed by atoms with Crippen molar-refractivity contribution in [3.63, 3.8) is 0 Å². The molecule has 0 aliphatic carbocycles. The molecule has 0 radical (unpaired) electrons. The molecule has 0 N–H and O–H groups in total. The molecule has 15 heavy (non-hydrogen) atoms. The van der Waals surface area contributed by atoms with E-state index in [1.807, 2.05) is 0 Å². The van der Waals surface area contributed by atoms with E-state index in [1.165, 1.54) is 6.07 Å². The van der Waals surface area contributed by atoms with Gasteiger partial charge in [-0.1, -0.05) is 29.6 Å². The highest BCUT2D eigenvalue weighted by Crippen LogP contribution is 2.19. The predicted molar refractivity (Wildman–Crippen MR) is 58.7 cm³/mol. The van der Waals surface area contributed by atoms with Gasteiger partial charge in [-0.05, 0) is 23.8 Å². The lowest BCUT2D eigenvalue weighted by Crippen LogP contribution is -2.00. The number of halogens is 1. The Bertz CT molecular complexity index is 404. The molecule has 0 aromatic heterocycles. The van der Waals surface area contributed by atoms with Gasteiger partial charge in [-0.25, -0.2) is 0 Å². The topological polar surface area (TPSA) is 57.2 Å². The van der Waals surface area contributed by atoms with Crippen molar-refractivity contribution in [2.75, 3.05) is 0 Å². The Hall–Kier alpha value is -0.710. The SMILES string of the molecule is CCC(=O)c1ccc(Cl)c(CS(=O)[O-])c1. The van der Waals surface area contributed by atoms with E-state index in [9.17, 15) is 13.6 Å². The summed E-state index contributed by atoms with van der Waals surface area (Å²) in [6.07, 6.45) is 0.390. The Morgan fingerprint density at radius 3 is 2.73 bits per heavy atom. The smallest absolute Gasteiger partial charge is 0.162 e. The third kappa shape index (κ3) is 3.41. The summed E-state index contributed by atoms with van der Waals surface area (Å²) in [5.74, 6) is -0.187. The molecule has 1 unspecified atom stereocenters. The zero-order valence-electron chi connectivity index (χ0n) is 8.16. The first-order valence-corrected chi connectivity index (χ1v) is 6.04. The molecule has 0 amide bonds. The van der Waals surface area contributed by atoms with Crippen LogP contribution < -0.4 is 0 Å². The molecule has 0 aliphatic rings. The van der Waals surface area contributed by atoms with Crippen molar-refractivity contribution in [2.24, 2.45) is 0 Å². The summed E-state index contributed by atoms with van der Waals surface area (Å²) in [5, 5.41) is 0.367. The summed E-state index contributed by atoms with van der Waals surface area (Å²) < 4.78 is 21.1. The molecule has 0 saturated heterocycles. The highest BCUT2D eigenvalue weighted by Gasteiger charge is 2.07. The second-order valence-electron chi connectivity index (χ2n) is 3.03. The van der Waals surface area contributed by atoms with Crippen LogP contribution in [0.25, 0.3) is 0 Å². The first-order chi connectivity index (χ1) is 7.04. The van der Waals surface area contributed by atoms with E-state index in [1.54, 1.807) is 19.1 Å². The van der Waals surface area contributed by atoms with Crippen molar-refractivity contribution in [3.05, 3.63) is 34.3 Å². The van der Waals surface area contributed by atoms with Crippen molar-refractivity contribution in [3.8, 4) is 0 Å². The molecule has 1 aromatic carbocycles.